The van der Waals surface area contributed by atoms with E-state index < -0.39 is 57.5 Å². The number of pyridine rings is 1. The van der Waals surface area contributed by atoms with Crippen molar-refractivity contribution in [1.82, 2.24) is 4.57 Å². The van der Waals surface area contributed by atoms with Crippen molar-refractivity contribution in [3.63, 3.8) is 0 Å². The highest BCUT2D eigenvalue weighted by Gasteiger charge is 2.39. The highest BCUT2D eigenvalue weighted by molar-refractivity contribution is 5.95. The summed E-state index contributed by atoms with van der Waals surface area (Å²) in [4.78, 5) is 24.4. The van der Waals surface area contributed by atoms with E-state index in [1.807, 2.05) is 0 Å². The molecule has 0 amide bonds. The molecule has 1 atom stereocenters. The second-order valence-corrected chi connectivity index (χ2v) is 5.32. The van der Waals surface area contributed by atoms with Crippen molar-refractivity contribution in [1.29, 1.82) is 0 Å². The van der Waals surface area contributed by atoms with E-state index in [9.17, 15) is 31.5 Å². The molecule has 0 saturated carbocycles. The summed E-state index contributed by atoms with van der Waals surface area (Å²) >= 11 is 0. The molecule has 0 saturated heterocycles. The molecule has 0 aliphatic heterocycles. The van der Waals surface area contributed by atoms with Crippen LogP contribution in [0.25, 0.3) is 10.9 Å². The van der Waals surface area contributed by atoms with Crippen LogP contribution in [-0.2, 0) is 4.74 Å². The number of esters is 1. The number of alkyl halides is 3. The molecule has 0 fully saturated rings. The Labute approximate surface area is 143 Å². The fraction of sp³-hybridized carbons (Fsp3) is 0.375. The van der Waals surface area contributed by atoms with Gasteiger partial charge in [0, 0.05) is 6.20 Å². The Hall–Kier alpha value is -2.65. The third kappa shape index (κ3) is 3.23. The van der Waals surface area contributed by atoms with Gasteiger partial charge in [-0.25, -0.2) is 9.18 Å². The van der Waals surface area contributed by atoms with Crippen LogP contribution in [0.3, 0.4) is 0 Å². The first kappa shape index (κ1) is 19.7. The first-order valence-electron chi connectivity index (χ1n) is 7.39. The Bertz CT molecular complexity index is 920. The normalized spacial score (nSPS) is 12.9. The quantitative estimate of drug-likeness (QED) is 0.602. The number of fused-ring (bicyclic) bond motifs is 1. The second kappa shape index (κ2) is 6.93. The van der Waals surface area contributed by atoms with Crippen molar-refractivity contribution in [2.24, 2.45) is 0 Å². The van der Waals surface area contributed by atoms with Crippen molar-refractivity contribution in [2.45, 2.75) is 26.1 Å². The van der Waals surface area contributed by atoms with E-state index in [4.69, 9.17) is 0 Å². The van der Waals surface area contributed by atoms with E-state index in [1.165, 1.54) is 6.92 Å². The van der Waals surface area contributed by atoms with Gasteiger partial charge < -0.3 is 14.0 Å². The second-order valence-electron chi connectivity index (χ2n) is 5.32. The summed E-state index contributed by atoms with van der Waals surface area (Å²) in [5.41, 5.74) is -2.45. The molecule has 0 spiro atoms. The minimum atomic E-state index is -4.80. The molecule has 0 unspecified atom stereocenters. The van der Waals surface area contributed by atoms with Gasteiger partial charge in [0.15, 0.2) is 11.6 Å². The number of hydrogen-bond acceptors (Lipinski definition) is 4. The maximum atomic E-state index is 14.0. The summed E-state index contributed by atoms with van der Waals surface area (Å²) in [5, 5.41) is -0.637. The average molecular weight is 379 g/mol. The van der Waals surface area contributed by atoms with Gasteiger partial charge in [-0.15, -0.1) is 0 Å². The average Bonchev–Trinajstić information content (AvgIpc) is 2.56. The van der Waals surface area contributed by atoms with Gasteiger partial charge in [0.05, 0.1) is 24.6 Å². The largest absolute Gasteiger partial charge is 0.491 e. The van der Waals surface area contributed by atoms with Crippen LogP contribution < -0.4 is 10.2 Å². The Kier molecular flexibility index (Phi) is 5.24. The standard InChI is InChI=1S/C16H14F5NO4/c1-4-26-15(24)9-6-22(7(2)16(19,20)21)12-8(13(9)23)5-10(17)11(18)14(12)25-3/h5-7H,4H2,1-3H3/t7-/m1/s1. The first-order chi connectivity index (χ1) is 12.0. The van der Waals surface area contributed by atoms with E-state index in [2.05, 4.69) is 9.47 Å². The lowest BCUT2D eigenvalue weighted by Gasteiger charge is -2.23. The Balaban J connectivity index is 3.02. The number of nitrogens with zero attached hydrogens (tertiary/aromatic N) is 1. The number of rotatable bonds is 4. The fourth-order valence-corrected chi connectivity index (χ4v) is 2.43. The van der Waals surface area contributed by atoms with E-state index >= 15 is 0 Å². The zero-order valence-corrected chi connectivity index (χ0v) is 13.9. The monoisotopic (exact) mass is 379 g/mol. The topological polar surface area (TPSA) is 57.5 Å². The molecule has 1 aromatic heterocycles. The molecule has 26 heavy (non-hydrogen) atoms. The fourth-order valence-electron chi connectivity index (χ4n) is 2.43. The maximum absolute atomic E-state index is 14.0. The molecule has 10 heteroatoms. The van der Waals surface area contributed by atoms with Crippen molar-refractivity contribution >= 4 is 16.9 Å². The molecule has 1 heterocycles. The summed E-state index contributed by atoms with van der Waals surface area (Å²) in [7, 11) is 0.920. The number of hydrogen-bond donors (Lipinski definition) is 0. The molecule has 5 nitrogen and oxygen atoms in total. The molecule has 0 radical (unpaired) electrons. The SMILES string of the molecule is CCOC(=O)c1cn([C@H](C)C(F)(F)F)c2c(OC)c(F)c(F)cc2c1=O. The smallest absolute Gasteiger partial charge is 0.408 e. The summed E-state index contributed by atoms with van der Waals surface area (Å²) < 4.78 is 77.3. The van der Waals surface area contributed by atoms with Gasteiger partial charge in [0.25, 0.3) is 0 Å². The molecular weight excluding hydrogens is 365 g/mol. The summed E-state index contributed by atoms with van der Waals surface area (Å²) in [6, 6.07) is -1.84. The third-order valence-electron chi connectivity index (χ3n) is 3.76. The molecule has 0 aliphatic rings. The van der Waals surface area contributed by atoms with Gasteiger partial charge >= 0.3 is 12.1 Å². The van der Waals surface area contributed by atoms with Gasteiger partial charge in [-0.05, 0) is 19.9 Å². The van der Waals surface area contributed by atoms with Crippen molar-refractivity contribution in [3.05, 3.63) is 39.7 Å². The summed E-state index contributed by atoms with van der Waals surface area (Å²) in [5.74, 6) is -5.10. The Morgan fingerprint density at radius 2 is 1.92 bits per heavy atom. The van der Waals surface area contributed by atoms with Crippen LogP contribution in [0.15, 0.2) is 17.1 Å². The number of carbonyl (C=O) groups is 1. The molecule has 0 aliphatic carbocycles. The highest BCUT2D eigenvalue weighted by atomic mass is 19.4. The highest BCUT2D eigenvalue weighted by Crippen LogP contribution is 2.36. The lowest BCUT2D eigenvalue weighted by atomic mass is 10.1. The molecule has 1 aromatic carbocycles. The van der Waals surface area contributed by atoms with E-state index in [0.29, 0.717) is 16.8 Å². The van der Waals surface area contributed by atoms with Gasteiger partial charge in [-0.3, -0.25) is 4.79 Å². The molecule has 0 N–H and O–H groups in total. The van der Waals surface area contributed by atoms with Crippen LogP contribution in [0, 0.1) is 11.6 Å². The van der Waals surface area contributed by atoms with Crippen LogP contribution in [0.1, 0.15) is 30.2 Å². The minimum Gasteiger partial charge on any atom is -0.491 e. The first-order valence-corrected chi connectivity index (χ1v) is 7.39. The Morgan fingerprint density at radius 1 is 1.31 bits per heavy atom. The van der Waals surface area contributed by atoms with Crippen molar-refractivity contribution in [2.75, 3.05) is 13.7 Å². The number of carbonyl (C=O) groups excluding carboxylic acids is 1. The predicted molar refractivity (Wildman–Crippen MR) is 81.4 cm³/mol. The van der Waals surface area contributed by atoms with Gasteiger partial charge in [0.1, 0.15) is 11.6 Å². The minimum absolute atomic E-state index is 0.133. The number of aromatic nitrogens is 1. The van der Waals surface area contributed by atoms with Crippen LogP contribution in [0.2, 0.25) is 0 Å². The number of benzene rings is 1. The lowest BCUT2D eigenvalue weighted by Crippen LogP contribution is -2.28. The molecule has 2 aromatic rings. The lowest BCUT2D eigenvalue weighted by molar-refractivity contribution is -0.162. The van der Waals surface area contributed by atoms with Gasteiger partial charge in [-0.2, -0.15) is 17.6 Å². The number of methoxy groups -OCH3 is 1. The van der Waals surface area contributed by atoms with E-state index in [-0.39, 0.29) is 6.61 Å². The van der Waals surface area contributed by atoms with Crippen LogP contribution in [-0.4, -0.2) is 30.4 Å². The van der Waals surface area contributed by atoms with E-state index in [0.717, 1.165) is 14.0 Å². The number of halogens is 5. The summed E-state index contributed by atoms with van der Waals surface area (Å²) in [6.07, 6.45) is -4.19. The van der Waals surface area contributed by atoms with Crippen LogP contribution >= 0.6 is 0 Å². The number of ether oxygens (including phenoxy) is 2. The van der Waals surface area contributed by atoms with Crippen molar-refractivity contribution < 1.29 is 36.2 Å². The van der Waals surface area contributed by atoms with E-state index in [1.54, 1.807) is 0 Å². The van der Waals surface area contributed by atoms with Gasteiger partial charge in [0.2, 0.25) is 11.2 Å². The maximum Gasteiger partial charge on any atom is 0.408 e. The molecule has 142 valence electrons. The van der Waals surface area contributed by atoms with Crippen LogP contribution in [0.5, 0.6) is 5.75 Å². The predicted octanol–water partition coefficient (Wildman–Crippen LogP) is 3.59. The molecular formula is C16H14F5NO4. The van der Waals surface area contributed by atoms with Crippen molar-refractivity contribution in [3.8, 4) is 5.75 Å². The van der Waals surface area contributed by atoms with Crippen LogP contribution in [0.4, 0.5) is 22.0 Å². The van der Waals surface area contributed by atoms with Gasteiger partial charge in [-0.1, -0.05) is 0 Å². The zero-order valence-electron chi connectivity index (χ0n) is 13.9. The molecule has 0 bridgehead atoms. The Morgan fingerprint density at radius 3 is 2.42 bits per heavy atom. The zero-order chi connectivity index (χ0) is 19.8. The molecule has 2 rings (SSSR count). The third-order valence-corrected chi connectivity index (χ3v) is 3.76. The summed E-state index contributed by atoms with van der Waals surface area (Å²) in [6.45, 7) is 2.04.